The quantitative estimate of drug-likeness (QED) is 0.534. The summed E-state index contributed by atoms with van der Waals surface area (Å²) in [4.78, 5) is 23.8. The van der Waals surface area contributed by atoms with Crippen molar-refractivity contribution in [2.75, 3.05) is 13.7 Å². The first kappa shape index (κ1) is 19.6. The summed E-state index contributed by atoms with van der Waals surface area (Å²) in [6.07, 6.45) is 5.81. The molecule has 144 valence electrons. The third-order valence-electron chi connectivity index (χ3n) is 4.77. The van der Waals surface area contributed by atoms with E-state index in [4.69, 9.17) is 0 Å². The Morgan fingerprint density at radius 1 is 1.26 bits per heavy atom. The summed E-state index contributed by atoms with van der Waals surface area (Å²) in [6, 6.07) is 7.95. The van der Waals surface area contributed by atoms with Crippen molar-refractivity contribution in [3.05, 3.63) is 45.7 Å². The smallest absolute Gasteiger partial charge is 0.305 e. The van der Waals surface area contributed by atoms with E-state index < -0.39 is 0 Å². The zero-order valence-corrected chi connectivity index (χ0v) is 17.0. The predicted molar refractivity (Wildman–Crippen MR) is 106 cm³/mol. The first-order valence-corrected chi connectivity index (χ1v) is 10.1. The number of amides is 1. The van der Waals surface area contributed by atoms with Crippen molar-refractivity contribution in [2.45, 2.75) is 44.9 Å². The number of carbonyl (C=O) groups excluding carboxylic acids is 2. The van der Waals surface area contributed by atoms with Gasteiger partial charge in [0.25, 0.3) is 5.91 Å². The summed E-state index contributed by atoms with van der Waals surface area (Å²) in [5.74, 6) is -0.358. The Morgan fingerprint density at radius 3 is 2.85 bits per heavy atom. The highest BCUT2D eigenvalue weighted by Gasteiger charge is 2.25. The Morgan fingerprint density at radius 2 is 2.07 bits per heavy atom. The second kappa shape index (κ2) is 9.17. The summed E-state index contributed by atoms with van der Waals surface area (Å²) >= 11 is 3.50. The largest absolute Gasteiger partial charge is 0.469 e. The molecule has 1 aromatic carbocycles. The standard InChI is InChI=1S/C20H24BrN3O3/c1-27-18(25)11-4-5-12-22-20(26)19-16-9-2-3-10-17(16)24(23-19)15-8-6-7-14(21)13-15/h6-8,13H,2-5,9-12H2,1H3,(H,22,26). The molecule has 6 nitrogen and oxygen atoms in total. The number of rotatable bonds is 7. The van der Waals surface area contributed by atoms with Gasteiger partial charge in [0.15, 0.2) is 5.69 Å². The minimum Gasteiger partial charge on any atom is -0.469 e. The third-order valence-corrected chi connectivity index (χ3v) is 5.26. The lowest BCUT2D eigenvalue weighted by Gasteiger charge is -2.14. The SMILES string of the molecule is COC(=O)CCCCNC(=O)c1nn(-c2cccc(Br)c2)c2c1CCCC2. The van der Waals surface area contributed by atoms with Gasteiger partial charge in [0.2, 0.25) is 0 Å². The van der Waals surface area contributed by atoms with E-state index in [1.54, 1.807) is 0 Å². The van der Waals surface area contributed by atoms with E-state index in [1.807, 2.05) is 28.9 Å². The van der Waals surface area contributed by atoms with Crippen molar-refractivity contribution < 1.29 is 14.3 Å². The van der Waals surface area contributed by atoms with Gasteiger partial charge in [0.05, 0.1) is 12.8 Å². The molecule has 0 fully saturated rings. The van der Waals surface area contributed by atoms with Crippen LogP contribution >= 0.6 is 15.9 Å². The van der Waals surface area contributed by atoms with E-state index in [2.05, 4.69) is 31.1 Å². The second-order valence-electron chi connectivity index (χ2n) is 6.66. The molecule has 2 aromatic rings. The van der Waals surface area contributed by atoms with Gasteiger partial charge in [0, 0.05) is 28.7 Å². The highest BCUT2D eigenvalue weighted by molar-refractivity contribution is 9.10. The molecule has 0 aliphatic heterocycles. The number of methoxy groups -OCH3 is 1. The number of hydrogen-bond acceptors (Lipinski definition) is 4. The fraction of sp³-hybridized carbons (Fsp3) is 0.450. The molecule has 1 aliphatic carbocycles. The number of carbonyl (C=O) groups is 2. The Balaban J connectivity index is 1.72. The van der Waals surface area contributed by atoms with Crippen molar-refractivity contribution in [1.29, 1.82) is 0 Å². The zero-order chi connectivity index (χ0) is 19.2. The third kappa shape index (κ3) is 4.77. The van der Waals surface area contributed by atoms with Gasteiger partial charge in [-0.3, -0.25) is 9.59 Å². The molecule has 1 heterocycles. The van der Waals surface area contributed by atoms with E-state index in [-0.39, 0.29) is 11.9 Å². The molecule has 1 amide bonds. The Labute approximate surface area is 167 Å². The molecule has 3 rings (SSSR count). The predicted octanol–water partition coefficient (Wildman–Crippen LogP) is 3.59. The fourth-order valence-corrected chi connectivity index (χ4v) is 3.77. The summed E-state index contributed by atoms with van der Waals surface area (Å²) in [7, 11) is 1.38. The average molecular weight is 434 g/mol. The molecule has 0 spiro atoms. The summed E-state index contributed by atoms with van der Waals surface area (Å²) in [5, 5.41) is 7.59. The number of aromatic nitrogens is 2. The minimum absolute atomic E-state index is 0.139. The molecule has 0 atom stereocenters. The first-order chi connectivity index (χ1) is 13.1. The highest BCUT2D eigenvalue weighted by Crippen LogP contribution is 2.27. The highest BCUT2D eigenvalue weighted by atomic mass is 79.9. The van der Waals surface area contributed by atoms with Crippen LogP contribution in [0.2, 0.25) is 0 Å². The van der Waals surface area contributed by atoms with E-state index in [1.165, 1.54) is 7.11 Å². The fourth-order valence-electron chi connectivity index (χ4n) is 3.38. The molecule has 0 saturated carbocycles. The normalized spacial score (nSPS) is 13.1. The van der Waals surface area contributed by atoms with Crippen LogP contribution in [0.5, 0.6) is 0 Å². The number of unbranched alkanes of at least 4 members (excludes halogenated alkanes) is 1. The van der Waals surface area contributed by atoms with Crippen molar-refractivity contribution in [2.24, 2.45) is 0 Å². The van der Waals surface area contributed by atoms with Crippen LogP contribution < -0.4 is 5.32 Å². The zero-order valence-electron chi connectivity index (χ0n) is 15.5. The second-order valence-corrected chi connectivity index (χ2v) is 7.58. The van der Waals surface area contributed by atoms with Gasteiger partial charge in [0.1, 0.15) is 0 Å². The van der Waals surface area contributed by atoms with Crippen molar-refractivity contribution in [3.8, 4) is 5.69 Å². The van der Waals surface area contributed by atoms with Gasteiger partial charge in [-0.1, -0.05) is 22.0 Å². The molecule has 1 aromatic heterocycles. The maximum atomic E-state index is 12.7. The van der Waals surface area contributed by atoms with Crippen LogP contribution in [-0.4, -0.2) is 35.3 Å². The van der Waals surface area contributed by atoms with Gasteiger partial charge >= 0.3 is 5.97 Å². The molecular weight excluding hydrogens is 410 g/mol. The number of fused-ring (bicyclic) bond motifs is 1. The molecule has 0 bridgehead atoms. The maximum Gasteiger partial charge on any atom is 0.305 e. The van der Waals surface area contributed by atoms with Crippen molar-refractivity contribution in [1.82, 2.24) is 15.1 Å². The Bertz CT molecular complexity index is 832. The van der Waals surface area contributed by atoms with Gasteiger partial charge in [-0.15, -0.1) is 0 Å². The number of hydrogen-bond donors (Lipinski definition) is 1. The van der Waals surface area contributed by atoms with Gasteiger partial charge in [-0.25, -0.2) is 4.68 Å². The van der Waals surface area contributed by atoms with Crippen LogP contribution in [0.4, 0.5) is 0 Å². The van der Waals surface area contributed by atoms with E-state index >= 15 is 0 Å². The van der Waals surface area contributed by atoms with E-state index in [0.29, 0.717) is 25.1 Å². The summed E-state index contributed by atoms with van der Waals surface area (Å²) in [5.41, 5.74) is 3.68. The maximum absolute atomic E-state index is 12.7. The monoisotopic (exact) mass is 433 g/mol. The van der Waals surface area contributed by atoms with E-state index in [0.717, 1.165) is 53.5 Å². The molecule has 0 saturated heterocycles. The van der Waals surface area contributed by atoms with Crippen LogP contribution in [0, 0.1) is 0 Å². The molecule has 0 radical (unpaired) electrons. The molecule has 1 aliphatic rings. The van der Waals surface area contributed by atoms with Crippen LogP contribution in [0.3, 0.4) is 0 Å². The number of nitrogens with zero attached hydrogens (tertiary/aromatic N) is 2. The van der Waals surface area contributed by atoms with Crippen LogP contribution in [0.1, 0.15) is 53.8 Å². The van der Waals surface area contributed by atoms with Gasteiger partial charge in [-0.2, -0.15) is 5.10 Å². The van der Waals surface area contributed by atoms with Crippen LogP contribution in [0.15, 0.2) is 28.7 Å². The minimum atomic E-state index is -0.219. The van der Waals surface area contributed by atoms with E-state index in [9.17, 15) is 9.59 Å². The number of halogens is 1. The number of esters is 1. The first-order valence-electron chi connectivity index (χ1n) is 9.32. The van der Waals surface area contributed by atoms with Crippen LogP contribution in [0.25, 0.3) is 5.69 Å². The number of nitrogens with one attached hydrogen (secondary N) is 1. The summed E-state index contributed by atoms with van der Waals surface area (Å²) < 4.78 is 7.51. The summed E-state index contributed by atoms with van der Waals surface area (Å²) in [6.45, 7) is 0.522. The molecular formula is C20H24BrN3O3. The van der Waals surface area contributed by atoms with Gasteiger partial charge < -0.3 is 10.1 Å². The topological polar surface area (TPSA) is 73.2 Å². The number of ether oxygens (including phenoxy) is 1. The lowest BCUT2D eigenvalue weighted by molar-refractivity contribution is -0.140. The molecule has 0 unspecified atom stereocenters. The Kier molecular flexibility index (Phi) is 6.66. The average Bonchev–Trinajstić information content (AvgIpc) is 3.07. The molecule has 1 N–H and O–H groups in total. The Hall–Kier alpha value is -2.15. The lowest BCUT2D eigenvalue weighted by atomic mass is 9.95. The number of benzene rings is 1. The van der Waals surface area contributed by atoms with Gasteiger partial charge in [-0.05, 0) is 56.7 Å². The van der Waals surface area contributed by atoms with Crippen molar-refractivity contribution in [3.63, 3.8) is 0 Å². The van der Waals surface area contributed by atoms with Crippen LogP contribution in [-0.2, 0) is 22.4 Å². The van der Waals surface area contributed by atoms with Crippen molar-refractivity contribution >= 4 is 27.8 Å². The lowest BCUT2D eigenvalue weighted by Crippen LogP contribution is -2.26. The molecule has 7 heteroatoms. The molecule has 27 heavy (non-hydrogen) atoms.